The molecule has 0 bridgehead atoms. The summed E-state index contributed by atoms with van der Waals surface area (Å²) in [4.78, 5) is 40.8. The van der Waals surface area contributed by atoms with Crippen molar-refractivity contribution in [1.82, 2.24) is 0 Å². The Hall–Kier alpha value is -2.99. The van der Waals surface area contributed by atoms with Gasteiger partial charge in [0.1, 0.15) is 6.61 Å². The number of para-hydroxylation sites is 1. The number of hydrogen-bond donors (Lipinski definition) is 0. The highest BCUT2D eigenvalue weighted by molar-refractivity contribution is 6.36. The van der Waals surface area contributed by atoms with E-state index in [0.29, 0.717) is 12.3 Å². The molecule has 0 unspecified atom stereocenters. The summed E-state index contributed by atoms with van der Waals surface area (Å²) in [6, 6.07) is 10.5. The lowest BCUT2D eigenvalue weighted by Gasteiger charge is -2.25. The molecule has 0 radical (unpaired) electrons. The van der Waals surface area contributed by atoms with Crippen LogP contribution in [0, 0.1) is 0 Å². The van der Waals surface area contributed by atoms with Crippen molar-refractivity contribution in [2.24, 2.45) is 0 Å². The van der Waals surface area contributed by atoms with Crippen LogP contribution in [0.1, 0.15) is 88.7 Å². The fourth-order valence-corrected chi connectivity index (χ4v) is 3.84. The van der Waals surface area contributed by atoms with E-state index in [1.54, 1.807) is 12.1 Å². The maximum absolute atomic E-state index is 13.5. The van der Waals surface area contributed by atoms with Crippen LogP contribution in [-0.4, -0.2) is 37.6 Å². The number of fused-ring (bicyclic) bond motifs is 1. The van der Waals surface area contributed by atoms with E-state index in [-0.39, 0.29) is 41.7 Å². The van der Waals surface area contributed by atoms with Gasteiger partial charge in [-0.1, -0.05) is 52.0 Å². The average molecular weight is 424 g/mol. The molecule has 6 nitrogen and oxygen atoms in total. The second kappa shape index (κ2) is 9.43. The molecular formula is C25H29NO5. The van der Waals surface area contributed by atoms with Crippen LogP contribution in [0.3, 0.4) is 0 Å². The minimum atomic E-state index is -0.638. The third kappa shape index (κ3) is 4.26. The van der Waals surface area contributed by atoms with E-state index in [2.05, 4.69) is 0 Å². The van der Waals surface area contributed by atoms with Gasteiger partial charge < -0.3 is 9.47 Å². The normalized spacial score (nSPS) is 13.3. The molecule has 2 aromatic carbocycles. The molecule has 31 heavy (non-hydrogen) atoms. The molecule has 1 heterocycles. The summed E-state index contributed by atoms with van der Waals surface area (Å²) in [6.45, 7) is 10.8. The molecule has 0 fully saturated rings. The van der Waals surface area contributed by atoms with Crippen LogP contribution in [-0.2, 0) is 9.47 Å². The van der Waals surface area contributed by atoms with Gasteiger partial charge in [-0.3, -0.25) is 9.59 Å². The molecule has 164 valence electrons. The Labute approximate surface area is 183 Å². The minimum Gasteiger partial charge on any atom is -0.460 e. The van der Waals surface area contributed by atoms with Gasteiger partial charge in [-0.25, -0.2) is 9.69 Å². The Morgan fingerprint density at radius 3 is 2.10 bits per heavy atom. The predicted molar refractivity (Wildman–Crippen MR) is 119 cm³/mol. The third-order valence-corrected chi connectivity index (χ3v) is 5.37. The van der Waals surface area contributed by atoms with Crippen molar-refractivity contribution in [1.29, 1.82) is 0 Å². The van der Waals surface area contributed by atoms with Crippen molar-refractivity contribution >= 4 is 23.5 Å². The molecule has 0 aromatic heterocycles. The summed E-state index contributed by atoms with van der Waals surface area (Å²) in [5.74, 6) is -1.32. The molecule has 2 amide bonds. The molecule has 0 saturated carbocycles. The van der Waals surface area contributed by atoms with Crippen molar-refractivity contribution in [3.8, 4) is 0 Å². The van der Waals surface area contributed by atoms with Crippen LogP contribution >= 0.6 is 0 Å². The van der Waals surface area contributed by atoms with Gasteiger partial charge in [-0.15, -0.1) is 0 Å². The second-order valence-corrected chi connectivity index (χ2v) is 8.10. The smallest absolute Gasteiger partial charge is 0.339 e. The van der Waals surface area contributed by atoms with Crippen molar-refractivity contribution in [2.75, 3.05) is 24.7 Å². The average Bonchev–Trinajstić information content (AvgIpc) is 3.00. The zero-order valence-electron chi connectivity index (χ0n) is 18.7. The number of benzene rings is 2. The van der Waals surface area contributed by atoms with Crippen LogP contribution in [0.2, 0.25) is 0 Å². The van der Waals surface area contributed by atoms with E-state index >= 15 is 0 Å². The summed E-state index contributed by atoms with van der Waals surface area (Å²) in [7, 11) is 0. The van der Waals surface area contributed by atoms with Gasteiger partial charge in [0, 0.05) is 6.61 Å². The van der Waals surface area contributed by atoms with Gasteiger partial charge in [0.15, 0.2) is 0 Å². The molecule has 1 aliphatic heterocycles. The first kappa shape index (κ1) is 22.7. The van der Waals surface area contributed by atoms with Crippen LogP contribution in [0.25, 0.3) is 0 Å². The van der Waals surface area contributed by atoms with E-state index in [1.165, 1.54) is 11.0 Å². The quantitative estimate of drug-likeness (QED) is 0.342. The van der Waals surface area contributed by atoms with Gasteiger partial charge in [-0.05, 0) is 42.0 Å². The fourth-order valence-electron chi connectivity index (χ4n) is 3.84. The maximum Gasteiger partial charge on any atom is 0.339 e. The maximum atomic E-state index is 13.5. The Balaban J connectivity index is 2.05. The molecule has 0 N–H and O–H groups in total. The number of nitrogens with zero attached hydrogens (tertiary/aromatic N) is 1. The van der Waals surface area contributed by atoms with Crippen molar-refractivity contribution in [2.45, 2.75) is 46.5 Å². The SMILES string of the molecule is CCOCCOC(=O)c1cccc2c1C(=O)N(c1c(C(C)C)cccc1C(C)C)C2=O. The van der Waals surface area contributed by atoms with E-state index in [9.17, 15) is 14.4 Å². The van der Waals surface area contributed by atoms with E-state index in [4.69, 9.17) is 9.47 Å². The van der Waals surface area contributed by atoms with Gasteiger partial charge in [0.25, 0.3) is 11.8 Å². The van der Waals surface area contributed by atoms with E-state index in [1.807, 2.05) is 52.8 Å². The Kier molecular flexibility index (Phi) is 6.91. The zero-order chi connectivity index (χ0) is 22.7. The molecule has 0 saturated heterocycles. The van der Waals surface area contributed by atoms with Crippen molar-refractivity contribution in [3.05, 3.63) is 64.2 Å². The summed E-state index contributed by atoms with van der Waals surface area (Å²) >= 11 is 0. The number of imide groups is 1. The topological polar surface area (TPSA) is 72.9 Å². The van der Waals surface area contributed by atoms with Crippen molar-refractivity contribution < 1.29 is 23.9 Å². The molecule has 3 rings (SSSR count). The molecule has 2 aromatic rings. The van der Waals surface area contributed by atoms with Crippen LogP contribution in [0.15, 0.2) is 36.4 Å². The molecule has 0 spiro atoms. The number of ether oxygens (including phenoxy) is 2. The predicted octanol–water partition coefficient (Wildman–Crippen LogP) is 4.93. The van der Waals surface area contributed by atoms with Gasteiger partial charge >= 0.3 is 5.97 Å². The number of hydrogen-bond acceptors (Lipinski definition) is 5. The number of amides is 2. The molecule has 6 heteroatoms. The largest absolute Gasteiger partial charge is 0.460 e. The lowest BCUT2D eigenvalue weighted by molar-refractivity contribution is 0.0333. The highest BCUT2D eigenvalue weighted by Crippen LogP contribution is 2.40. The molecule has 1 aliphatic rings. The standard InChI is InChI=1S/C25H29NO5/c1-6-30-13-14-31-25(29)20-12-8-11-19-21(20)24(28)26(23(19)27)22-17(15(2)3)9-7-10-18(22)16(4)5/h7-12,15-16H,6,13-14H2,1-5H3. The number of carbonyl (C=O) groups excluding carboxylic acids is 3. The molecular weight excluding hydrogens is 394 g/mol. The number of esters is 1. The summed E-state index contributed by atoms with van der Waals surface area (Å²) in [6.07, 6.45) is 0. The highest BCUT2D eigenvalue weighted by Gasteiger charge is 2.42. The minimum absolute atomic E-state index is 0.0792. The zero-order valence-corrected chi connectivity index (χ0v) is 18.7. The van der Waals surface area contributed by atoms with Crippen LogP contribution < -0.4 is 4.90 Å². The number of carbonyl (C=O) groups is 3. The Morgan fingerprint density at radius 2 is 1.52 bits per heavy atom. The first-order valence-corrected chi connectivity index (χ1v) is 10.7. The van der Waals surface area contributed by atoms with Crippen molar-refractivity contribution in [3.63, 3.8) is 0 Å². The lowest BCUT2D eigenvalue weighted by Crippen LogP contribution is -2.32. The van der Waals surface area contributed by atoms with Gasteiger partial charge in [0.05, 0.1) is 29.0 Å². The first-order chi connectivity index (χ1) is 14.8. The first-order valence-electron chi connectivity index (χ1n) is 10.7. The van der Waals surface area contributed by atoms with E-state index in [0.717, 1.165) is 11.1 Å². The fraction of sp³-hybridized carbons (Fsp3) is 0.400. The Bertz CT molecular complexity index is 983. The molecule has 0 aliphatic carbocycles. The van der Waals surface area contributed by atoms with E-state index < -0.39 is 17.8 Å². The summed E-state index contributed by atoms with van der Waals surface area (Å²) < 4.78 is 10.4. The summed E-state index contributed by atoms with van der Waals surface area (Å²) in [5.41, 5.74) is 2.88. The number of anilines is 1. The van der Waals surface area contributed by atoms with Crippen LogP contribution in [0.4, 0.5) is 5.69 Å². The van der Waals surface area contributed by atoms with Gasteiger partial charge in [0.2, 0.25) is 0 Å². The Morgan fingerprint density at radius 1 is 0.903 bits per heavy atom. The third-order valence-electron chi connectivity index (χ3n) is 5.37. The lowest BCUT2D eigenvalue weighted by atomic mass is 9.92. The van der Waals surface area contributed by atoms with Crippen LogP contribution in [0.5, 0.6) is 0 Å². The molecule has 0 atom stereocenters. The summed E-state index contributed by atoms with van der Waals surface area (Å²) in [5, 5.41) is 0. The number of rotatable bonds is 8. The highest BCUT2D eigenvalue weighted by atomic mass is 16.6. The monoisotopic (exact) mass is 423 g/mol. The van der Waals surface area contributed by atoms with Gasteiger partial charge in [-0.2, -0.15) is 0 Å². The second-order valence-electron chi connectivity index (χ2n) is 8.10.